The second-order valence-corrected chi connectivity index (χ2v) is 4.61. The van der Waals surface area contributed by atoms with Crippen LogP contribution in [0.3, 0.4) is 0 Å². The number of aryl methyl sites for hydroxylation is 2. The van der Waals surface area contributed by atoms with Crippen molar-refractivity contribution in [1.82, 2.24) is 0 Å². The number of halogens is 1. The fourth-order valence-corrected chi connectivity index (χ4v) is 2.00. The fraction of sp³-hybridized carbons (Fsp3) is 0.188. The third-order valence-electron chi connectivity index (χ3n) is 2.96. The molecule has 0 radical (unpaired) electrons. The minimum Gasteiger partial charge on any atom is -0.377 e. The number of ketones is 1. The number of carbonyl (C=O) groups excluding carboxylic acids is 1. The molecule has 0 aliphatic heterocycles. The Labute approximate surface area is 112 Å². The predicted octanol–water partition coefficient (Wildman–Crippen LogP) is 3.74. The van der Waals surface area contributed by atoms with E-state index >= 15 is 0 Å². The van der Waals surface area contributed by atoms with Gasteiger partial charge < -0.3 is 5.32 Å². The summed E-state index contributed by atoms with van der Waals surface area (Å²) in [5.74, 6) is -0.314. The van der Waals surface area contributed by atoms with E-state index in [2.05, 4.69) is 5.32 Å². The number of carbonyl (C=O) groups is 1. The molecule has 0 bridgehead atoms. The first-order valence-corrected chi connectivity index (χ1v) is 6.16. The van der Waals surface area contributed by atoms with Crippen molar-refractivity contribution < 1.29 is 9.18 Å². The van der Waals surface area contributed by atoms with E-state index in [1.54, 1.807) is 12.1 Å². The zero-order valence-electron chi connectivity index (χ0n) is 11.0. The Morgan fingerprint density at radius 1 is 1.16 bits per heavy atom. The van der Waals surface area contributed by atoms with E-state index in [-0.39, 0.29) is 18.1 Å². The number of Topliss-reactive ketones (excluding diaryl/α,β-unsaturated/α-hetero) is 1. The Morgan fingerprint density at radius 2 is 1.95 bits per heavy atom. The molecule has 2 aromatic carbocycles. The standard InChI is InChI=1S/C16H16FNO/c1-11-6-7-15(12(2)8-11)16(19)10-18-14-5-3-4-13(17)9-14/h3-9,18H,10H2,1-2H3. The molecule has 1 N–H and O–H groups in total. The van der Waals surface area contributed by atoms with Gasteiger partial charge in [-0.05, 0) is 37.6 Å². The highest BCUT2D eigenvalue weighted by Gasteiger charge is 2.08. The van der Waals surface area contributed by atoms with Gasteiger partial charge >= 0.3 is 0 Å². The van der Waals surface area contributed by atoms with Gasteiger partial charge in [0.15, 0.2) is 5.78 Å². The van der Waals surface area contributed by atoms with Crippen molar-refractivity contribution in [3.05, 3.63) is 65.0 Å². The van der Waals surface area contributed by atoms with Gasteiger partial charge in [-0.1, -0.05) is 29.8 Å². The lowest BCUT2D eigenvalue weighted by Gasteiger charge is -2.08. The summed E-state index contributed by atoms with van der Waals surface area (Å²) in [5.41, 5.74) is 3.41. The highest BCUT2D eigenvalue weighted by molar-refractivity contribution is 6.00. The second kappa shape index (κ2) is 5.65. The smallest absolute Gasteiger partial charge is 0.182 e. The summed E-state index contributed by atoms with van der Waals surface area (Å²) < 4.78 is 13.0. The van der Waals surface area contributed by atoms with Crippen LogP contribution in [0.4, 0.5) is 10.1 Å². The van der Waals surface area contributed by atoms with Crippen molar-refractivity contribution in [2.75, 3.05) is 11.9 Å². The summed E-state index contributed by atoms with van der Waals surface area (Å²) in [4.78, 5) is 12.1. The fourth-order valence-electron chi connectivity index (χ4n) is 2.00. The van der Waals surface area contributed by atoms with Crippen LogP contribution in [-0.4, -0.2) is 12.3 Å². The average molecular weight is 257 g/mol. The summed E-state index contributed by atoms with van der Waals surface area (Å²) in [7, 11) is 0. The molecule has 0 atom stereocenters. The summed E-state index contributed by atoms with van der Waals surface area (Å²) in [6, 6.07) is 11.8. The maximum absolute atomic E-state index is 13.0. The molecular formula is C16H16FNO. The molecule has 0 fully saturated rings. The van der Waals surface area contributed by atoms with Gasteiger partial charge in [0.25, 0.3) is 0 Å². The maximum Gasteiger partial charge on any atom is 0.182 e. The Morgan fingerprint density at radius 3 is 2.63 bits per heavy atom. The number of rotatable bonds is 4. The van der Waals surface area contributed by atoms with Crippen LogP contribution < -0.4 is 5.32 Å². The van der Waals surface area contributed by atoms with Gasteiger partial charge in [0.05, 0.1) is 6.54 Å². The summed E-state index contributed by atoms with van der Waals surface area (Å²) in [6.07, 6.45) is 0. The number of benzene rings is 2. The predicted molar refractivity (Wildman–Crippen MR) is 75.1 cm³/mol. The molecule has 2 nitrogen and oxygen atoms in total. The van der Waals surface area contributed by atoms with Crippen LogP contribution in [0.1, 0.15) is 21.5 Å². The molecular weight excluding hydrogens is 241 g/mol. The summed E-state index contributed by atoms with van der Waals surface area (Å²) in [6.45, 7) is 4.07. The highest BCUT2D eigenvalue weighted by Crippen LogP contribution is 2.13. The number of hydrogen-bond donors (Lipinski definition) is 1. The topological polar surface area (TPSA) is 29.1 Å². The van der Waals surface area contributed by atoms with Crippen molar-refractivity contribution in [2.45, 2.75) is 13.8 Å². The van der Waals surface area contributed by atoms with E-state index in [0.717, 1.165) is 11.1 Å². The molecule has 0 saturated heterocycles. The molecule has 0 aliphatic rings. The Balaban J connectivity index is 2.05. The number of nitrogens with one attached hydrogen (secondary N) is 1. The molecule has 0 amide bonds. The Bertz CT molecular complexity index is 607. The largest absolute Gasteiger partial charge is 0.377 e. The van der Waals surface area contributed by atoms with E-state index in [4.69, 9.17) is 0 Å². The average Bonchev–Trinajstić information content (AvgIpc) is 2.36. The van der Waals surface area contributed by atoms with Crippen LogP contribution in [-0.2, 0) is 0 Å². The van der Waals surface area contributed by atoms with Crippen LogP contribution in [0.5, 0.6) is 0 Å². The van der Waals surface area contributed by atoms with Gasteiger partial charge in [0.2, 0.25) is 0 Å². The van der Waals surface area contributed by atoms with Gasteiger partial charge in [0.1, 0.15) is 5.82 Å². The van der Waals surface area contributed by atoms with Crippen LogP contribution in [0.15, 0.2) is 42.5 Å². The van der Waals surface area contributed by atoms with Crippen LogP contribution in [0.25, 0.3) is 0 Å². The van der Waals surface area contributed by atoms with Gasteiger partial charge in [-0.3, -0.25) is 4.79 Å². The Kier molecular flexibility index (Phi) is 3.95. The molecule has 0 saturated carbocycles. The zero-order chi connectivity index (χ0) is 13.8. The van der Waals surface area contributed by atoms with Gasteiger partial charge in [0, 0.05) is 11.3 Å². The minimum absolute atomic E-state index is 0.00163. The molecule has 0 aromatic heterocycles. The first-order valence-electron chi connectivity index (χ1n) is 6.16. The van der Waals surface area contributed by atoms with E-state index in [0.29, 0.717) is 11.3 Å². The maximum atomic E-state index is 13.0. The summed E-state index contributed by atoms with van der Waals surface area (Å²) >= 11 is 0. The monoisotopic (exact) mass is 257 g/mol. The molecule has 0 unspecified atom stereocenters. The molecule has 98 valence electrons. The normalized spacial score (nSPS) is 10.3. The van der Waals surface area contributed by atoms with Gasteiger partial charge in [-0.25, -0.2) is 4.39 Å². The summed E-state index contributed by atoms with van der Waals surface area (Å²) in [5, 5.41) is 2.94. The number of anilines is 1. The lowest BCUT2D eigenvalue weighted by Crippen LogP contribution is -2.15. The van der Waals surface area contributed by atoms with Crippen molar-refractivity contribution in [3.63, 3.8) is 0 Å². The van der Waals surface area contributed by atoms with Crippen LogP contribution >= 0.6 is 0 Å². The lowest BCUT2D eigenvalue weighted by molar-refractivity contribution is 0.101. The second-order valence-electron chi connectivity index (χ2n) is 4.61. The first kappa shape index (κ1) is 13.3. The van der Waals surface area contributed by atoms with Crippen molar-refractivity contribution in [2.24, 2.45) is 0 Å². The molecule has 2 rings (SSSR count). The Hall–Kier alpha value is -2.16. The van der Waals surface area contributed by atoms with Crippen molar-refractivity contribution in [3.8, 4) is 0 Å². The van der Waals surface area contributed by atoms with E-state index in [1.807, 2.05) is 32.0 Å². The van der Waals surface area contributed by atoms with E-state index in [1.165, 1.54) is 12.1 Å². The lowest BCUT2D eigenvalue weighted by atomic mass is 10.0. The SMILES string of the molecule is Cc1ccc(C(=O)CNc2cccc(F)c2)c(C)c1. The molecule has 2 aromatic rings. The third kappa shape index (κ3) is 3.41. The third-order valence-corrected chi connectivity index (χ3v) is 2.96. The number of hydrogen-bond acceptors (Lipinski definition) is 2. The van der Waals surface area contributed by atoms with Gasteiger partial charge in [-0.2, -0.15) is 0 Å². The molecule has 3 heteroatoms. The van der Waals surface area contributed by atoms with E-state index in [9.17, 15) is 9.18 Å². The first-order chi connectivity index (χ1) is 9.06. The molecule has 0 heterocycles. The van der Waals surface area contributed by atoms with E-state index < -0.39 is 0 Å². The quantitative estimate of drug-likeness (QED) is 0.845. The van der Waals surface area contributed by atoms with Crippen molar-refractivity contribution in [1.29, 1.82) is 0 Å². The molecule has 0 aliphatic carbocycles. The molecule has 0 spiro atoms. The molecule has 19 heavy (non-hydrogen) atoms. The van der Waals surface area contributed by atoms with Crippen molar-refractivity contribution >= 4 is 11.5 Å². The van der Waals surface area contributed by atoms with Gasteiger partial charge in [-0.15, -0.1) is 0 Å². The van der Waals surface area contributed by atoms with Crippen LogP contribution in [0.2, 0.25) is 0 Å². The highest BCUT2D eigenvalue weighted by atomic mass is 19.1. The van der Waals surface area contributed by atoms with Crippen LogP contribution in [0, 0.1) is 19.7 Å². The zero-order valence-corrected chi connectivity index (χ0v) is 11.0. The minimum atomic E-state index is -0.316.